The van der Waals surface area contributed by atoms with Gasteiger partial charge in [-0.15, -0.1) is 0 Å². The largest absolute Gasteiger partial charge is 0.462 e. The second-order valence-electron chi connectivity index (χ2n) is 19.1. The maximum atomic E-state index is 12.8. The minimum Gasteiger partial charge on any atom is -0.462 e. The molecule has 0 aliphatic rings. The minimum atomic E-state index is -0.760. The minimum absolute atomic E-state index is 0.0622. The molecule has 0 aliphatic heterocycles. The van der Waals surface area contributed by atoms with Gasteiger partial charge in [0.2, 0.25) is 0 Å². The Labute approximate surface area is 380 Å². The normalized spacial score (nSPS) is 12.4. The van der Waals surface area contributed by atoms with E-state index in [9.17, 15) is 14.4 Å². The van der Waals surface area contributed by atoms with E-state index in [1.165, 1.54) is 205 Å². The molecule has 0 saturated heterocycles. The van der Waals surface area contributed by atoms with Gasteiger partial charge in [-0.2, -0.15) is 0 Å². The van der Waals surface area contributed by atoms with Crippen molar-refractivity contribution in [3.8, 4) is 0 Å². The maximum Gasteiger partial charge on any atom is 0.306 e. The fourth-order valence-corrected chi connectivity index (χ4v) is 8.36. The predicted octanol–water partition coefficient (Wildman–Crippen LogP) is 17.8. The number of rotatable bonds is 50. The molecule has 0 saturated carbocycles. The van der Waals surface area contributed by atoms with Crippen LogP contribution in [0.3, 0.4) is 0 Å². The Balaban J connectivity index is 4.28. The molecule has 0 radical (unpaired) electrons. The van der Waals surface area contributed by atoms with Crippen LogP contribution >= 0.6 is 0 Å². The Morgan fingerprint density at radius 1 is 0.328 bits per heavy atom. The highest BCUT2D eigenvalue weighted by Gasteiger charge is 2.19. The molecule has 0 N–H and O–H groups in total. The van der Waals surface area contributed by atoms with Gasteiger partial charge < -0.3 is 14.2 Å². The van der Waals surface area contributed by atoms with Crippen LogP contribution in [0.2, 0.25) is 0 Å². The van der Waals surface area contributed by atoms with Crippen molar-refractivity contribution in [2.75, 3.05) is 13.2 Å². The third kappa shape index (κ3) is 47.7. The summed E-state index contributed by atoms with van der Waals surface area (Å²) in [5, 5.41) is 0. The van der Waals surface area contributed by atoms with Crippen LogP contribution in [0.1, 0.15) is 310 Å². The summed E-state index contributed by atoms with van der Waals surface area (Å²) in [7, 11) is 0. The molecule has 0 aromatic heterocycles. The van der Waals surface area contributed by atoms with E-state index in [4.69, 9.17) is 14.2 Å². The van der Waals surface area contributed by atoms with E-state index in [-0.39, 0.29) is 31.1 Å². The van der Waals surface area contributed by atoms with Gasteiger partial charge in [-0.3, -0.25) is 14.4 Å². The summed E-state index contributed by atoms with van der Waals surface area (Å²) in [5.41, 5.74) is 0. The summed E-state index contributed by atoms with van der Waals surface area (Å²) in [6.07, 6.45) is 52.2. The van der Waals surface area contributed by atoms with E-state index in [0.717, 1.165) is 63.7 Å². The van der Waals surface area contributed by atoms with Gasteiger partial charge >= 0.3 is 17.9 Å². The Morgan fingerprint density at radius 2 is 0.574 bits per heavy atom. The number of carbonyl (C=O) groups excluding carboxylic acids is 3. The van der Waals surface area contributed by atoms with E-state index < -0.39 is 6.10 Å². The quantitative estimate of drug-likeness (QED) is 0.0344. The van der Waals surface area contributed by atoms with Crippen LogP contribution in [-0.2, 0) is 28.6 Å². The molecule has 61 heavy (non-hydrogen) atoms. The summed E-state index contributed by atoms with van der Waals surface area (Å²) in [6, 6.07) is 0. The van der Waals surface area contributed by atoms with E-state index in [2.05, 4.69) is 27.7 Å². The lowest BCUT2D eigenvalue weighted by Crippen LogP contribution is -2.30. The highest BCUT2D eigenvalue weighted by atomic mass is 16.6. The third-order valence-corrected chi connectivity index (χ3v) is 12.9. The predicted molar refractivity (Wildman–Crippen MR) is 261 cm³/mol. The van der Waals surface area contributed by atoms with Gasteiger partial charge in [0.1, 0.15) is 13.2 Å². The van der Waals surface area contributed by atoms with E-state index in [0.29, 0.717) is 19.3 Å². The second kappa shape index (κ2) is 49.4. The Morgan fingerprint density at radius 3 is 0.852 bits per heavy atom. The Kier molecular flexibility index (Phi) is 48.1. The first-order chi connectivity index (χ1) is 29.9. The molecule has 6 nitrogen and oxygen atoms in total. The van der Waals surface area contributed by atoms with Crippen molar-refractivity contribution in [1.29, 1.82) is 0 Å². The van der Waals surface area contributed by atoms with Crippen molar-refractivity contribution in [2.45, 2.75) is 316 Å². The molecule has 0 spiro atoms. The molecule has 1 unspecified atom stereocenters. The molecule has 2 atom stereocenters. The van der Waals surface area contributed by atoms with Gasteiger partial charge in [0.25, 0.3) is 0 Å². The summed E-state index contributed by atoms with van der Waals surface area (Å²) in [6.45, 7) is 9.08. The zero-order chi connectivity index (χ0) is 44.5. The van der Waals surface area contributed by atoms with Crippen LogP contribution in [0.15, 0.2) is 0 Å². The third-order valence-electron chi connectivity index (χ3n) is 12.9. The molecular weight excluding hydrogens is 757 g/mol. The average Bonchev–Trinajstić information content (AvgIpc) is 3.26. The SMILES string of the molecule is CCCCCCCCCCCCCCCCC(=O)OC[C@@H](COC(=O)CCCCCCCCCCCCC)OC(=O)CCCCCCCCCCCCCCCCC(C)CC. The van der Waals surface area contributed by atoms with Crippen molar-refractivity contribution >= 4 is 17.9 Å². The standard InChI is InChI=1S/C55H106O6/c1-5-8-10-12-14-16-18-19-23-27-31-35-39-43-47-54(57)60-50-52(49-59-53(56)46-42-38-34-30-25-17-15-13-11-9-6-2)61-55(58)48-44-40-36-32-28-24-21-20-22-26-29-33-37-41-45-51(4)7-3/h51-52H,5-50H2,1-4H3/t51?,52-/m1/s1. The van der Waals surface area contributed by atoms with E-state index >= 15 is 0 Å². The van der Waals surface area contributed by atoms with Crippen molar-refractivity contribution in [1.82, 2.24) is 0 Å². The molecule has 0 fully saturated rings. The molecule has 0 amide bonds. The zero-order valence-corrected chi connectivity index (χ0v) is 41.6. The average molecular weight is 863 g/mol. The molecule has 0 rings (SSSR count). The molecule has 0 heterocycles. The number of hydrogen-bond donors (Lipinski definition) is 0. The molecule has 0 aromatic carbocycles. The Bertz CT molecular complexity index is 920. The van der Waals surface area contributed by atoms with Gasteiger partial charge in [0, 0.05) is 19.3 Å². The van der Waals surface area contributed by atoms with Gasteiger partial charge in [-0.05, 0) is 25.2 Å². The molecule has 0 bridgehead atoms. The maximum absolute atomic E-state index is 12.8. The number of carbonyl (C=O) groups is 3. The van der Waals surface area contributed by atoms with Gasteiger partial charge in [0.05, 0.1) is 0 Å². The second-order valence-corrected chi connectivity index (χ2v) is 19.1. The lowest BCUT2D eigenvalue weighted by Gasteiger charge is -2.18. The van der Waals surface area contributed by atoms with Crippen molar-refractivity contribution in [3.63, 3.8) is 0 Å². The lowest BCUT2D eigenvalue weighted by atomic mass is 9.99. The summed E-state index contributed by atoms with van der Waals surface area (Å²) in [5.74, 6) is 0.0543. The molecule has 0 aliphatic carbocycles. The smallest absolute Gasteiger partial charge is 0.306 e. The van der Waals surface area contributed by atoms with Crippen LogP contribution in [-0.4, -0.2) is 37.2 Å². The first-order valence-corrected chi connectivity index (χ1v) is 27.4. The highest BCUT2D eigenvalue weighted by Crippen LogP contribution is 2.18. The van der Waals surface area contributed by atoms with Crippen LogP contribution in [0.25, 0.3) is 0 Å². The highest BCUT2D eigenvalue weighted by molar-refractivity contribution is 5.71. The van der Waals surface area contributed by atoms with Crippen molar-refractivity contribution < 1.29 is 28.6 Å². The van der Waals surface area contributed by atoms with Gasteiger partial charge in [-0.1, -0.05) is 272 Å². The number of hydrogen-bond acceptors (Lipinski definition) is 6. The van der Waals surface area contributed by atoms with E-state index in [1.807, 2.05) is 0 Å². The topological polar surface area (TPSA) is 78.9 Å². The van der Waals surface area contributed by atoms with Crippen LogP contribution in [0, 0.1) is 5.92 Å². The first-order valence-electron chi connectivity index (χ1n) is 27.4. The molecule has 0 aromatic rings. The summed E-state index contributed by atoms with van der Waals surface area (Å²) in [4.78, 5) is 38.0. The van der Waals surface area contributed by atoms with Gasteiger partial charge in [-0.25, -0.2) is 0 Å². The van der Waals surface area contributed by atoms with Crippen LogP contribution in [0.4, 0.5) is 0 Å². The monoisotopic (exact) mass is 863 g/mol. The number of ether oxygens (including phenoxy) is 3. The fraction of sp³-hybridized carbons (Fsp3) is 0.945. The van der Waals surface area contributed by atoms with Gasteiger partial charge in [0.15, 0.2) is 6.10 Å². The van der Waals surface area contributed by atoms with Crippen LogP contribution < -0.4 is 0 Å². The fourth-order valence-electron chi connectivity index (χ4n) is 8.36. The number of esters is 3. The van der Waals surface area contributed by atoms with E-state index in [1.54, 1.807) is 0 Å². The zero-order valence-electron chi connectivity index (χ0n) is 41.6. The molecular formula is C55H106O6. The van der Waals surface area contributed by atoms with Crippen molar-refractivity contribution in [2.24, 2.45) is 5.92 Å². The first kappa shape index (κ1) is 59.4. The number of unbranched alkanes of at least 4 members (excludes halogenated alkanes) is 36. The lowest BCUT2D eigenvalue weighted by molar-refractivity contribution is -0.167. The van der Waals surface area contributed by atoms with Crippen LogP contribution in [0.5, 0.6) is 0 Å². The summed E-state index contributed by atoms with van der Waals surface area (Å²) >= 11 is 0. The molecule has 6 heteroatoms. The summed E-state index contributed by atoms with van der Waals surface area (Å²) < 4.78 is 16.8. The van der Waals surface area contributed by atoms with Crippen molar-refractivity contribution in [3.05, 3.63) is 0 Å². The Hall–Kier alpha value is -1.59. The molecule has 362 valence electrons.